The lowest BCUT2D eigenvalue weighted by molar-refractivity contribution is -0.119. The highest BCUT2D eigenvalue weighted by atomic mass is 32.2. The molecule has 0 aromatic carbocycles. The summed E-state index contributed by atoms with van der Waals surface area (Å²) in [6.45, 7) is 5.54. The topological polar surface area (TPSA) is 101 Å². The van der Waals surface area contributed by atoms with Gasteiger partial charge >= 0.3 is 5.97 Å². The number of hydrogen-bond donors (Lipinski definition) is 2. The van der Waals surface area contributed by atoms with Crippen molar-refractivity contribution in [3.63, 3.8) is 0 Å². The summed E-state index contributed by atoms with van der Waals surface area (Å²) in [5, 5.41) is 12.3. The van der Waals surface area contributed by atoms with Crippen molar-refractivity contribution in [3.8, 4) is 0 Å². The van der Waals surface area contributed by atoms with Crippen LogP contribution in [0, 0.1) is 13.8 Å². The van der Waals surface area contributed by atoms with Crippen molar-refractivity contribution in [2.75, 3.05) is 19.5 Å². The van der Waals surface area contributed by atoms with Crippen molar-refractivity contribution in [1.29, 1.82) is 0 Å². The van der Waals surface area contributed by atoms with Crippen LogP contribution in [0.3, 0.4) is 0 Å². The number of amides is 1. The number of ether oxygens (including phenoxy) is 1. The van der Waals surface area contributed by atoms with E-state index in [-0.39, 0.29) is 23.3 Å². The number of carbonyl (C=O) groups is 2. The van der Waals surface area contributed by atoms with Crippen molar-refractivity contribution >= 4 is 23.6 Å². The van der Waals surface area contributed by atoms with Gasteiger partial charge in [-0.2, -0.15) is 0 Å². The second-order valence-electron chi connectivity index (χ2n) is 4.55. The predicted molar refractivity (Wildman–Crippen MR) is 78.7 cm³/mol. The fourth-order valence-corrected chi connectivity index (χ4v) is 2.70. The molecule has 8 heteroatoms. The number of aromatic carboxylic acids is 1. The maximum atomic E-state index is 11.8. The molecule has 0 radical (unpaired) electrons. The molecule has 0 aliphatic carbocycles. The molecule has 1 unspecified atom stereocenters. The van der Waals surface area contributed by atoms with E-state index in [4.69, 9.17) is 4.74 Å². The first kappa shape index (κ1) is 17.4. The Labute approximate surface area is 127 Å². The van der Waals surface area contributed by atoms with E-state index in [0.717, 1.165) is 11.8 Å². The molecule has 0 aliphatic rings. The molecular weight excluding hydrogens is 294 g/mol. The first-order chi connectivity index (χ1) is 9.85. The molecule has 1 heterocycles. The predicted octanol–water partition coefficient (Wildman–Crippen LogP) is 1.03. The van der Waals surface area contributed by atoms with Gasteiger partial charge in [0.25, 0.3) is 0 Å². The van der Waals surface area contributed by atoms with Gasteiger partial charge in [0.15, 0.2) is 0 Å². The van der Waals surface area contributed by atoms with E-state index >= 15 is 0 Å². The number of nitrogens with zero attached hydrogens (tertiary/aromatic N) is 2. The summed E-state index contributed by atoms with van der Waals surface area (Å²) in [7, 11) is 1.56. The molecule has 1 atom stereocenters. The van der Waals surface area contributed by atoms with Crippen molar-refractivity contribution in [1.82, 2.24) is 15.3 Å². The molecule has 21 heavy (non-hydrogen) atoms. The number of nitrogens with one attached hydrogen (secondary N) is 1. The molecule has 1 rings (SSSR count). The number of aromatic nitrogens is 2. The van der Waals surface area contributed by atoms with Gasteiger partial charge < -0.3 is 15.2 Å². The average molecular weight is 313 g/mol. The van der Waals surface area contributed by atoms with E-state index in [1.54, 1.807) is 21.0 Å². The van der Waals surface area contributed by atoms with E-state index < -0.39 is 5.97 Å². The van der Waals surface area contributed by atoms with Crippen molar-refractivity contribution < 1.29 is 19.4 Å². The summed E-state index contributed by atoms with van der Waals surface area (Å²) in [4.78, 5) is 31.2. The van der Waals surface area contributed by atoms with Crippen LogP contribution in [0.5, 0.6) is 0 Å². The van der Waals surface area contributed by atoms with Gasteiger partial charge in [-0.1, -0.05) is 11.8 Å². The monoisotopic (exact) mass is 313 g/mol. The van der Waals surface area contributed by atoms with Gasteiger partial charge in [0.1, 0.15) is 16.4 Å². The molecule has 1 aromatic rings. The van der Waals surface area contributed by atoms with Crippen LogP contribution in [0.15, 0.2) is 5.03 Å². The maximum absolute atomic E-state index is 11.8. The van der Waals surface area contributed by atoms with Gasteiger partial charge in [-0.25, -0.2) is 14.8 Å². The average Bonchev–Trinajstić information content (AvgIpc) is 2.35. The number of rotatable bonds is 7. The number of hydrogen-bond acceptors (Lipinski definition) is 6. The number of methoxy groups -OCH3 is 1. The summed E-state index contributed by atoms with van der Waals surface area (Å²) >= 11 is 1.09. The third-order valence-corrected chi connectivity index (χ3v) is 3.52. The van der Waals surface area contributed by atoms with Crippen LogP contribution in [0.1, 0.15) is 28.8 Å². The minimum Gasteiger partial charge on any atom is -0.478 e. The molecule has 2 N–H and O–H groups in total. The van der Waals surface area contributed by atoms with Gasteiger partial charge in [-0.15, -0.1) is 0 Å². The quantitative estimate of drug-likeness (QED) is 0.572. The van der Waals surface area contributed by atoms with Crippen LogP contribution >= 0.6 is 11.8 Å². The first-order valence-electron chi connectivity index (χ1n) is 6.34. The zero-order valence-corrected chi connectivity index (χ0v) is 13.3. The first-order valence-corrected chi connectivity index (χ1v) is 7.33. The SMILES string of the molecule is COCC(C)NC(=O)CSc1nc(C)nc(C)c1C(=O)O. The lowest BCUT2D eigenvalue weighted by Crippen LogP contribution is -2.36. The third-order valence-electron chi connectivity index (χ3n) is 2.55. The molecule has 1 amide bonds. The second kappa shape index (κ2) is 7.94. The lowest BCUT2D eigenvalue weighted by atomic mass is 10.2. The zero-order chi connectivity index (χ0) is 16.0. The van der Waals surface area contributed by atoms with E-state index in [1.165, 1.54) is 0 Å². The Morgan fingerprint density at radius 3 is 2.62 bits per heavy atom. The Kier molecular flexibility index (Phi) is 6.57. The van der Waals surface area contributed by atoms with Crippen LogP contribution in [0.4, 0.5) is 0 Å². The Balaban J connectivity index is 2.75. The molecular formula is C13H19N3O4S. The molecule has 0 saturated heterocycles. The van der Waals surface area contributed by atoms with Gasteiger partial charge in [-0.3, -0.25) is 4.79 Å². The molecule has 116 valence electrons. The second-order valence-corrected chi connectivity index (χ2v) is 5.52. The normalized spacial score (nSPS) is 12.0. The minimum atomic E-state index is -1.09. The summed E-state index contributed by atoms with van der Waals surface area (Å²) in [6, 6.07) is -0.101. The molecule has 0 spiro atoms. The van der Waals surface area contributed by atoms with Crippen molar-refractivity contribution in [2.24, 2.45) is 0 Å². The minimum absolute atomic E-state index is 0.0448. The van der Waals surface area contributed by atoms with Crippen LogP contribution in [-0.2, 0) is 9.53 Å². The number of thioether (sulfide) groups is 1. The fraction of sp³-hybridized carbons (Fsp3) is 0.538. The summed E-state index contributed by atoms with van der Waals surface area (Å²) in [6.07, 6.45) is 0. The highest BCUT2D eigenvalue weighted by Crippen LogP contribution is 2.22. The molecule has 7 nitrogen and oxygen atoms in total. The lowest BCUT2D eigenvalue weighted by Gasteiger charge is -2.13. The van der Waals surface area contributed by atoms with Gasteiger partial charge in [-0.05, 0) is 20.8 Å². The summed E-state index contributed by atoms with van der Waals surface area (Å²) < 4.78 is 4.93. The highest BCUT2D eigenvalue weighted by molar-refractivity contribution is 8.00. The number of carboxylic acid groups (broad SMARTS) is 1. The number of aryl methyl sites for hydroxylation is 2. The summed E-state index contributed by atoms with van der Waals surface area (Å²) in [5.41, 5.74) is 0.439. The van der Waals surface area contributed by atoms with E-state index in [9.17, 15) is 14.7 Å². The smallest absolute Gasteiger partial charge is 0.340 e. The maximum Gasteiger partial charge on any atom is 0.340 e. The molecule has 0 saturated carbocycles. The Hall–Kier alpha value is -1.67. The van der Waals surface area contributed by atoms with Crippen LogP contribution in [0.25, 0.3) is 0 Å². The van der Waals surface area contributed by atoms with Gasteiger partial charge in [0.05, 0.1) is 18.1 Å². The zero-order valence-electron chi connectivity index (χ0n) is 12.5. The third kappa shape index (κ3) is 5.31. The Bertz CT molecular complexity index is 536. The largest absolute Gasteiger partial charge is 0.478 e. The van der Waals surface area contributed by atoms with Gasteiger partial charge in [0, 0.05) is 13.2 Å². The van der Waals surface area contributed by atoms with Crippen molar-refractivity contribution in [3.05, 3.63) is 17.1 Å². The van der Waals surface area contributed by atoms with E-state index in [1.807, 2.05) is 6.92 Å². The molecule has 0 bridgehead atoms. The van der Waals surface area contributed by atoms with Gasteiger partial charge in [0.2, 0.25) is 5.91 Å². The number of carboxylic acids is 1. The van der Waals surface area contributed by atoms with E-state index in [0.29, 0.717) is 23.2 Å². The van der Waals surface area contributed by atoms with E-state index in [2.05, 4.69) is 15.3 Å². The number of carbonyl (C=O) groups excluding carboxylic acids is 1. The van der Waals surface area contributed by atoms with Crippen LogP contribution in [-0.4, -0.2) is 52.5 Å². The Morgan fingerprint density at radius 1 is 1.38 bits per heavy atom. The standard InChI is InChI=1S/C13H19N3O4S/c1-7(5-20-4)14-10(17)6-21-12-11(13(18)19)8(2)15-9(3)16-12/h7H,5-6H2,1-4H3,(H,14,17)(H,18,19). The fourth-order valence-electron chi connectivity index (χ4n) is 1.77. The Morgan fingerprint density at radius 2 is 2.05 bits per heavy atom. The molecule has 1 aromatic heterocycles. The highest BCUT2D eigenvalue weighted by Gasteiger charge is 2.18. The van der Waals surface area contributed by atoms with Crippen molar-refractivity contribution in [2.45, 2.75) is 31.8 Å². The van der Waals surface area contributed by atoms with Crippen LogP contribution < -0.4 is 5.32 Å². The molecule has 0 fully saturated rings. The summed E-state index contributed by atoms with van der Waals surface area (Å²) in [5.74, 6) is -0.726. The molecule has 0 aliphatic heterocycles. The van der Waals surface area contributed by atoms with Crippen LogP contribution in [0.2, 0.25) is 0 Å².